The molecule has 2 amide bonds. The van der Waals surface area contributed by atoms with Crippen molar-refractivity contribution in [2.45, 2.75) is 50.9 Å². The van der Waals surface area contributed by atoms with E-state index in [4.69, 9.17) is 16.3 Å². The second kappa shape index (κ2) is 14.1. The molecule has 13 heteroatoms. The highest BCUT2D eigenvalue weighted by Crippen LogP contribution is 2.38. The number of amides is 2. The predicted octanol–water partition coefficient (Wildman–Crippen LogP) is 5.81. The summed E-state index contributed by atoms with van der Waals surface area (Å²) in [6, 6.07) is 14.0. The van der Waals surface area contributed by atoms with E-state index in [1.807, 2.05) is 6.92 Å². The van der Waals surface area contributed by atoms with Gasteiger partial charge >= 0.3 is 6.18 Å². The molecule has 3 aromatic carbocycles. The van der Waals surface area contributed by atoms with E-state index in [0.29, 0.717) is 34.7 Å². The first kappa shape index (κ1) is 33.7. The smallest absolute Gasteiger partial charge is 0.417 e. The van der Waals surface area contributed by atoms with Gasteiger partial charge in [0.25, 0.3) is 10.0 Å². The van der Waals surface area contributed by atoms with Crippen molar-refractivity contribution in [3.63, 3.8) is 0 Å². The number of nitrogens with zero attached hydrogens (tertiary/aromatic N) is 2. The highest BCUT2D eigenvalue weighted by molar-refractivity contribution is 7.92. The van der Waals surface area contributed by atoms with E-state index in [0.717, 1.165) is 17.7 Å². The van der Waals surface area contributed by atoms with Gasteiger partial charge in [0.2, 0.25) is 11.8 Å². The lowest BCUT2D eigenvalue weighted by molar-refractivity contribution is -0.139. The molecule has 0 saturated carbocycles. The number of ether oxygens (including phenoxy) is 1. The van der Waals surface area contributed by atoms with Crippen LogP contribution in [0.3, 0.4) is 0 Å². The van der Waals surface area contributed by atoms with E-state index in [2.05, 4.69) is 5.32 Å². The second-order valence-corrected chi connectivity index (χ2v) is 12.1. The first-order valence-electron chi connectivity index (χ1n) is 13.3. The van der Waals surface area contributed by atoms with Crippen LogP contribution in [0.2, 0.25) is 5.02 Å². The molecule has 0 aliphatic rings. The summed E-state index contributed by atoms with van der Waals surface area (Å²) in [5.74, 6) is -0.796. The van der Waals surface area contributed by atoms with E-state index >= 15 is 0 Å². The highest BCUT2D eigenvalue weighted by Gasteiger charge is 2.37. The van der Waals surface area contributed by atoms with Gasteiger partial charge in [-0.3, -0.25) is 13.9 Å². The number of carbonyl (C=O) groups is 2. The van der Waals surface area contributed by atoms with Crippen molar-refractivity contribution in [3.05, 3.63) is 88.4 Å². The fourth-order valence-corrected chi connectivity index (χ4v) is 5.83. The molecule has 1 atom stereocenters. The number of halogens is 4. The van der Waals surface area contributed by atoms with Gasteiger partial charge in [0.05, 0.1) is 28.3 Å². The summed E-state index contributed by atoms with van der Waals surface area (Å²) < 4.78 is 74.9. The van der Waals surface area contributed by atoms with Crippen molar-refractivity contribution in [1.29, 1.82) is 0 Å². The Balaban J connectivity index is 2.12. The lowest BCUT2D eigenvalue weighted by Crippen LogP contribution is -2.51. The number of rotatable bonds is 12. The van der Waals surface area contributed by atoms with Gasteiger partial charge in [-0.2, -0.15) is 13.2 Å². The van der Waals surface area contributed by atoms with Crippen LogP contribution in [-0.4, -0.2) is 51.4 Å². The number of anilines is 1. The topological polar surface area (TPSA) is 96.0 Å². The zero-order valence-corrected chi connectivity index (χ0v) is 25.7. The quantitative estimate of drug-likeness (QED) is 0.270. The Morgan fingerprint density at radius 3 is 2.33 bits per heavy atom. The van der Waals surface area contributed by atoms with Crippen LogP contribution in [0.4, 0.5) is 18.9 Å². The summed E-state index contributed by atoms with van der Waals surface area (Å²) in [4.78, 5) is 27.8. The van der Waals surface area contributed by atoms with Crippen LogP contribution in [-0.2, 0) is 32.3 Å². The summed E-state index contributed by atoms with van der Waals surface area (Å²) in [5.41, 5.74) is -0.343. The molecule has 0 aliphatic heterocycles. The van der Waals surface area contributed by atoms with Gasteiger partial charge < -0.3 is 15.0 Å². The molecule has 3 aromatic rings. The molecule has 0 heterocycles. The Labute approximate surface area is 254 Å². The molecule has 0 fully saturated rings. The average Bonchev–Trinajstić information content (AvgIpc) is 2.97. The van der Waals surface area contributed by atoms with Crippen LogP contribution < -0.4 is 14.4 Å². The third-order valence-electron chi connectivity index (χ3n) is 6.63. The number of aryl methyl sites for hydroxylation is 1. The van der Waals surface area contributed by atoms with Crippen LogP contribution in [0.5, 0.6) is 5.75 Å². The van der Waals surface area contributed by atoms with Gasteiger partial charge in [0.15, 0.2) is 0 Å². The molecule has 8 nitrogen and oxygen atoms in total. The lowest BCUT2D eigenvalue weighted by atomic mass is 10.1. The van der Waals surface area contributed by atoms with E-state index in [1.54, 1.807) is 31.2 Å². The van der Waals surface area contributed by atoms with Gasteiger partial charge in [-0.05, 0) is 68.3 Å². The van der Waals surface area contributed by atoms with Gasteiger partial charge in [-0.1, -0.05) is 48.4 Å². The number of sulfonamides is 1. The largest absolute Gasteiger partial charge is 0.497 e. The number of hydrogen-bond acceptors (Lipinski definition) is 5. The summed E-state index contributed by atoms with van der Waals surface area (Å²) in [6.45, 7) is 4.44. The molecule has 1 N–H and O–H groups in total. The van der Waals surface area contributed by atoms with Crippen molar-refractivity contribution in [3.8, 4) is 5.75 Å². The standard InChI is InChI=1S/C30H33ClF3N3O5S/c1-5-15-35-29(39)21(3)36(18-22-7-6-8-24(16-22)42-4)28(38)19-37(43(40,41)25-12-9-20(2)10-13-25)23-11-14-27(31)26(17-23)30(32,33)34/h6-14,16-17,21H,5,15,18-19H2,1-4H3,(H,35,39)/t21-/m0/s1. The first-order chi connectivity index (χ1) is 20.2. The number of alkyl halides is 3. The van der Waals surface area contributed by atoms with Gasteiger partial charge in [0.1, 0.15) is 18.3 Å². The minimum absolute atomic E-state index is 0.108. The first-order valence-corrected chi connectivity index (χ1v) is 15.2. The van der Waals surface area contributed by atoms with Gasteiger partial charge in [0, 0.05) is 13.1 Å². The van der Waals surface area contributed by atoms with Gasteiger partial charge in [-0.25, -0.2) is 8.42 Å². The molecule has 0 spiro atoms. The molecule has 3 rings (SSSR count). The highest BCUT2D eigenvalue weighted by atomic mass is 35.5. The Morgan fingerprint density at radius 2 is 1.72 bits per heavy atom. The van der Waals surface area contributed by atoms with Crippen LogP contribution in [0.1, 0.15) is 37.0 Å². The van der Waals surface area contributed by atoms with E-state index < -0.39 is 56.9 Å². The van der Waals surface area contributed by atoms with Crippen LogP contribution in [0.15, 0.2) is 71.6 Å². The minimum Gasteiger partial charge on any atom is -0.497 e. The lowest BCUT2D eigenvalue weighted by Gasteiger charge is -2.32. The zero-order chi connectivity index (χ0) is 31.9. The maximum Gasteiger partial charge on any atom is 0.417 e. The monoisotopic (exact) mass is 639 g/mol. The predicted molar refractivity (Wildman–Crippen MR) is 158 cm³/mol. The summed E-state index contributed by atoms with van der Waals surface area (Å²) in [7, 11) is -3.09. The van der Waals surface area contributed by atoms with Crippen molar-refractivity contribution >= 4 is 39.1 Å². The van der Waals surface area contributed by atoms with Gasteiger partial charge in [-0.15, -0.1) is 0 Å². The third-order valence-corrected chi connectivity index (χ3v) is 8.75. The SMILES string of the molecule is CCCNC(=O)[C@H](C)N(Cc1cccc(OC)c1)C(=O)CN(c1ccc(Cl)c(C(F)(F)F)c1)S(=O)(=O)c1ccc(C)cc1. The van der Waals surface area contributed by atoms with Crippen LogP contribution in [0, 0.1) is 6.92 Å². The Morgan fingerprint density at radius 1 is 1.05 bits per heavy atom. The minimum atomic E-state index is -4.89. The number of hydrogen-bond donors (Lipinski definition) is 1. The van der Waals surface area contributed by atoms with Crippen molar-refractivity contribution in [1.82, 2.24) is 10.2 Å². The third kappa shape index (κ3) is 8.41. The molecule has 232 valence electrons. The average molecular weight is 640 g/mol. The Hall–Kier alpha value is -3.77. The molecule has 43 heavy (non-hydrogen) atoms. The van der Waals surface area contributed by atoms with E-state index in [1.165, 1.54) is 43.2 Å². The fourth-order valence-electron chi connectivity index (χ4n) is 4.20. The summed E-state index contributed by atoms with van der Waals surface area (Å²) in [6.07, 6.45) is -4.25. The number of methoxy groups -OCH3 is 1. The second-order valence-electron chi connectivity index (χ2n) is 9.83. The molecule has 0 bridgehead atoms. The molecule has 0 unspecified atom stereocenters. The zero-order valence-electron chi connectivity index (χ0n) is 24.1. The van der Waals surface area contributed by atoms with Crippen molar-refractivity contribution < 1.29 is 35.9 Å². The summed E-state index contributed by atoms with van der Waals surface area (Å²) >= 11 is 5.81. The molecular formula is C30H33ClF3N3O5S. The molecule has 0 aromatic heterocycles. The van der Waals surface area contributed by atoms with Crippen LogP contribution >= 0.6 is 11.6 Å². The molecule has 0 saturated heterocycles. The Kier molecular flexibility index (Phi) is 11.1. The van der Waals surface area contributed by atoms with E-state index in [9.17, 15) is 31.2 Å². The van der Waals surface area contributed by atoms with Crippen LogP contribution in [0.25, 0.3) is 0 Å². The maximum absolute atomic E-state index is 13.9. The van der Waals surface area contributed by atoms with Crippen molar-refractivity contribution in [2.75, 3.05) is 24.5 Å². The fraction of sp³-hybridized carbons (Fsp3) is 0.333. The summed E-state index contributed by atoms with van der Waals surface area (Å²) in [5, 5.41) is 2.09. The molecule has 0 radical (unpaired) electrons. The number of nitrogens with one attached hydrogen (secondary N) is 1. The molecule has 0 aliphatic carbocycles. The normalized spacial score (nSPS) is 12.4. The molecular weight excluding hydrogens is 607 g/mol. The van der Waals surface area contributed by atoms with Crippen molar-refractivity contribution in [2.24, 2.45) is 0 Å². The maximum atomic E-state index is 13.9. The van der Waals surface area contributed by atoms with E-state index in [-0.39, 0.29) is 11.4 Å². The number of carbonyl (C=O) groups excluding carboxylic acids is 2. The number of benzene rings is 3. The Bertz CT molecular complexity index is 1550.